The van der Waals surface area contributed by atoms with E-state index in [1.165, 1.54) is 0 Å². The Labute approximate surface area is 104 Å². The SMILES string of the molecule is Cc1n[nH]c(C)c1NC(=O)N1CC(CC(=O)O)C1. The Hall–Kier alpha value is -2.05. The second kappa shape index (κ2) is 4.67. The number of rotatable bonds is 3. The molecule has 2 rings (SSSR count). The highest BCUT2D eigenvalue weighted by atomic mass is 16.4. The van der Waals surface area contributed by atoms with Crippen molar-refractivity contribution < 1.29 is 14.7 Å². The number of nitrogens with one attached hydrogen (secondary N) is 2. The van der Waals surface area contributed by atoms with E-state index in [2.05, 4.69) is 15.5 Å². The molecule has 1 aromatic rings. The van der Waals surface area contributed by atoms with E-state index in [-0.39, 0.29) is 18.4 Å². The van der Waals surface area contributed by atoms with Crippen molar-refractivity contribution in [2.75, 3.05) is 18.4 Å². The van der Waals surface area contributed by atoms with Crippen LogP contribution in [-0.4, -0.2) is 45.3 Å². The summed E-state index contributed by atoms with van der Waals surface area (Å²) in [5, 5.41) is 18.2. The third-order valence-electron chi connectivity index (χ3n) is 3.07. The van der Waals surface area contributed by atoms with Crippen molar-refractivity contribution in [1.29, 1.82) is 0 Å². The van der Waals surface area contributed by atoms with E-state index in [4.69, 9.17) is 5.11 Å². The molecule has 7 nitrogen and oxygen atoms in total. The van der Waals surface area contributed by atoms with E-state index < -0.39 is 5.97 Å². The highest BCUT2D eigenvalue weighted by Gasteiger charge is 2.32. The molecule has 1 aromatic heterocycles. The summed E-state index contributed by atoms with van der Waals surface area (Å²) in [6, 6.07) is -0.204. The van der Waals surface area contributed by atoms with Gasteiger partial charge < -0.3 is 15.3 Å². The van der Waals surface area contributed by atoms with Crippen LogP contribution in [0.1, 0.15) is 17.8 Å². The lowest BCUT2D eigenvalue weighted by molar-refractivity contribution is -0.139. The predicted molar refractivity (Wildman–Crippen MR) is 64.4 cm³/mol. The molecule has 1 aliphatic heterocycles. The summed E-state index contributed by atoms with van der Waals surface area (Å²) in [5.74, 6) is -0.749. The molecule has 0 bridgehead atoms. The number of carboxylic acid groups (broad SMARTS) is 1. The first kappa shape index (κ1) is 12.4. The van der Waals surface area contributed by atoms with Crippen LogP contribution in [0.15, 0.2) is 0 Å². The van der Waals surface area contributed by atoms with Gasteiger partial charge in [0.05, 0.1) is 23.5 Å². The molecule has 0 radical (unpaired) electrons. The van der Waals surface area contributed by atoms with Gasteiger partial charge in [-0.2, -0.15) is 5.10 Å². The monoisotopic (exact) mass is 252 g/mol. The van der Waals surface area contributed by atoms with Crippen LogP contribution in [0.4, 0.5) is 10.5 Å². The largest absolute Gasteiger partial charge is 0.481 e. The fourth-order valence-corrected chi connectivity index (χ4v) is 2.03. The number of hydrogen-bond donors (Lipinski definition) is 3. The predicted octanol–water partition coefficient (Wildman–Crippen LogP) is 0.965. The minimum Gasteiger partial charge on any atom is -0.481 e. The molecule has 98 valence electrons. The number of anilines is 1. The van der Waals surface area contributed by atoms with Crippen LogP contribution in [0.5, 0.6) is 0 Å². The summed E-state index contributed by atoms with van der Waals surface area (Å²) in [6.45, 7) is 4.63. The van der Waals surface area contributed by atoms with E-state index in [1.807, 2.05) is 13.8 Å². The molecule has 2 heterocycles. The van der Waals surface area contributed by atoms with Gasteiger partial charge in [0.1, 0.15) is 0 Å². The number of amides is 2. The first-order chi connectivity index (χ1) is 8.47. The first-order valence-corrected chi connectivity index (χ1v) is 5.76. The third-order valence-corrected chi connectivity index (χ3v) is 3.07. The maximum Gasteiger partial charge on any atom is 0.321 e. The van der Waals surface area contributed by atoms with E-state index in [9.17, 15) is 9.59 Å². The maximum absolute atomic E-state index is 11.9. The number of H-pyrrole nitrogens is 1. The van der Waals surface area contributed by atoms with Gasteiger partial charge in [-0.05, 0) is 13.8 Å². The molecule has 18 heavy (non-hydrogen) atoms. The third kappa shape index (κ3) is 2.44. The zero-order chi connectivity index (χ0) is 13.3. The number of aryl methyl sites for hydroxylation is 2. The summed E-state index contributed by atoms with van der Waals surface area (Å²) < 4.78 is 0. The molecule has 0 unspecified atom stereocenters. The number of aliphatic carboxylic acids is 1. The molecular weight excluding hydrogens is 236 g/mol. The molecule has 2 amide bonds. The molecule has 0 aliphatic carbocycles. The second-order valence-electron chi connectivity index (χ2n) is 4.61. The maximum atomic E-state index is 11.9. The van der Waals surface area contributed by atoms with Crippen LogP contribution in [-0.2, 0) is 4.79 Å². The van der Waals surface area contributed by atoms with Crippen molar-refractivity contribution >= 4 is 17.7 Å². The lowest BCUT2D eigenvalue weighted by Gasteiger charge is -2.38. The average molecular weight is 252 g/mol. The smallest absolute Gasteiger partial charge is 0.321 e. The molecule has 1 saturated heterocycles. The topological polar surface area (TPSA) is 98.3 Å². The number of hydrogen-bond acceptors (Lipinski definition) is 3. The number of urea groups is 1. The number of carbonyl (C=O) groups is 2. The Morgan fingerprint density at radius 2 is 2.17 bits per heavy atom. The van der Waals surface area contributed by atoms with Gasteiger partial charge in [-0.3, -0.25) is 9.89 Å². The number of carboxylic acids is 1. The minimum atomic E-state index is -0.818. The van der Waals surface area contributed by atoms with Gasteiger partial charge in [0.15, 0.2) is 0 Å². The van der Waals surface area contributed by atoms with E-state index >= 15 is 0 Å². The van der Waals surface area contributed by atoms with Crippen molar-refractivity contribution in [3.05, 3.63) is 11.4 Å². The second-order valence-corrected chi connectivity index (χ2v) is 4.61. The van der Waals surface area contributed by atoms with Crippen molar-refractivity contribution in [2.24, 2.45) is 5.92 Å². The number of aromatic amines is 1. The Morgan fingerprint density at radius 3 is 2.67 bits per heavy atom. The first-order valence-electron chi connectivity index (χ1n) is 5.76. The number of likely N-dealkylation sites (tertiary alicyclic amines) is 1. The van der Waals surface area contributed by atoms with Gasteiger partial charge in [0, 0.05) is 19.0 Å². The minimum absolute atomic E-state index is 0.0693. The zero-order valence-corrected chi connectivity index (χ0v) is 10.4. The van der Waals surface area contributed by atoms with Crippen molar-refractivity contribution in [1.82, 2.24) is 15.1 Å². The summed E-state index contributed by atoms with van der Waals surface area (Å²) in [6.07, 6.45) is 0.119. The summed E-state index contributed by atoms with van der Waals surface area (Å²) in [7, 11) is 0. The van der Waals surface area contributed by atoms with Crippen LogP contribution in [0, 0.1) is 19.8 Å². The van der Waals surface area contributed by atoms with Crippen molar-refractivity contribution in [2.45, 2.75) is 20.3 Å². The Bertz CT molecular complexity index is 457. The van der Waals surface area contributed by atoms with Crippen LogP contribution >= 0.6 is 0 Å². The summed E-state index contributed by atoms with van der Waals surface area (Å²) in [4.78, 5) is 23.9. The fourth-order valence-electron chi connectivity index (χ4n) is 2.03. The van der Waals surface area contributed by atoms with Crippen LogP contribution in [0.25, 0.3) is 0 Å². The molecule has 0 saturated carbocycles. The molecule has 0 atom stereocenters. The van der Waals surface area contributed by atoms with E-state index in [0.717, 1.165) is 11.4 Å². The summed E-state index contributed by atoms with van der Waals surface area (Å²) >= 11 is 0. The van der Waals surface area contributed by atoms with E-state index in [0.29, 0.717) is 18.8 Å². The fraction of sp³-hybridized carbons (Fsp3) is 0.545. The molecule has 7 heteroatoms. The van der Waals surface area contributed by atoms with Gasteiger partial charge in [0.25, 0.3) is 0 Å². The molecule has 3 N–H and O–H groups in total. The van der Waals surface area contributed by atoms with E-state index in [1.54, 1.807) is 4.90 Å². The van der Waals surface area contributed by atoms with Crippen LogP contribution in [0.2, 0.25) is 0 Å². The molecular formula is C11H16N4O3. The van der Waals surface area contributed by atoms with Crippen LogP contribution < -0.4 is 5.32 Å². The number of aromatic nitrogens is 2. The van der Waals surface area contributed by atoms with Crippen molar-refractivity contribution in [3.63, 3.8) is 0 Å². The molecule has 1 fully saturated rings. The highest BCUT2D eigenvalue weighted by molar-refractivity contribution is 5.91. The molecule has 1 aliphatic rings. The lowest BCUT2D eigenvalue weighted by atomic mass is 9.97. The quantitative estimate of drug-likeness (QED) is 0.746. The summed E-state index contributed by atoms with van der Waals surface area (Å²) in [5.41, 5.74) is 2.24. The van der Waals surface area contributed by atoms with Gasteiger partial charge in [-0.15, -0.1) is 0 Å². The van der Waals surface area contributed by atoms with Crippen LogP contribution in [0.3, 0.4) is 0 Å². The Balaban J connectivity index is 1.86. The van der Waals surface area contributed by atoms with Gasteiger partial charge in [0.2, 0.25) is 0 Å². The normalized spacial score (nSPS) is 15.3. The lowest BCUT2D eigenvalue weighted by Crippen LogP contribution is -2.52. The van der Waals surface area contributed by atoms with Gasteiger partial charge in [-0.25, -0.2) is 4.79 Å². The molecule has 0 aromatic carbocycles. The Morgan fingerprint density at radius 1 is 1.50 bits per heavy atom. The molecule has 0 spiro atoms. The number of carbonyl (C=O) groups excluding carboxylic acids is 1. The zero-order valence-electron chi connectivity index (χ0n) is 10.4. The Kier molecular flexibility index (Phi) is 3.22. The van der Waals surface area contributed by atoms with Gasteiger partial charge >= 0.3 is 12.0 Å². The average Bonchev–Trinajstić information content (AvgIpc) is 2.54. The van der Waals surface area contributed by atoms with Gasteiger partial charge in [-0.1, -0.05) is 0 Å². The van der Waals surface area contributed by atoms with Crippen molar-refractivity contribution in [3.8, 4) is 0 Å². The number of nitrogens with zero attached hydrogens (tertiary/aromatic N) is 2. The standard InChI is InChI=1S/C11H16N4O3/c1-6-10(7(2)14-13-6)12-11(18)15-4-8(5-15)3-9(16)17/h8H,3-5H2,1-2H3,(H,12,18)(H,13,14)(H,16,17). The highest BCUT2D eigenvalue weighted by Crippen LogP contribution is 2.22.